The largest absolute Gasteiger partial charge is 0.507 e. The lowest BCUT2D eigenvalue weighted by Gasteiger charge is -2.24. The summed E-state index contributed by atoms with van der Waals surface area (Å²) in [7, 11) is 0. The number of nitrogens with one attached hydrogen (secondary N) is 1. The molecule has 0 bridgehead atoms. The number of nitrogens with zero attached hydrogens (tertiary/aromatic N) is 3. The number of aromatic nitrogens is 2. The average Bonchev–Trinajstić information content (AvgIpc) is 3.10. The van der Waals surface area contributed by atoms with Crippen molar-refractivity contribution in [1.29, 1.82) is 0 Å². The number of benzene rings is 5. The van der Waals surface area contributed by atoms with Gasteiger partial charge in [-0.3, -0.25) is 4.79 Å². The minimum atomic E-state index is -0.122. The number of rotatable bonds is 8. The number of phenolic OH excluding ortho intramolecular Hbond substituents is 1. The normalized spacial score (nSPS) is 11.3. The van der Waals surface area contributed by atoms with Gasteiger partial charge >= 0.3 is 0 Å². The predicted octanol–water partition coefficient (Wildman–Crippen LogP) is 9.62. The van der Waals surface area contributed by atoms with Crippen LogP contribution in [0.1, 0.15) is 43.6 Å². The molecule has 1 heterocycles. The molecular weight excluding hydrogens is 572 g/mol. The summed E-state index contributed by atoms with van der Waals surface area (Å²) >= 11 is 0. The third kappa shape index (κ3) is 5.41. The fourth-order valence-electron chi connectivity index (χ4n) is 5.95. The van der Waals surface area contributed by atoms with Gasteiger partial charge in [-0.2, -0.15) is 0 Å². The van der Waals surface area contributed by atoms with Crippen molar-refractivity contribution in [2.75, 3.05) is 23.3 Å². The first-order chi connectivity index (χ1) is 22.6. The molecule has 1 aliphatic carbocycles. The van der Waals surface area contributed by atoms with Crippen molar-refractivity contribution < 1.29 is 14.6 Å². The minimum absolute atomic E-state index is 0.0759. The van der Waals surface area contributed by atoms with E-state index in [0.29, 0.717) is 61.6 Å². The number of hydrogen-bond acceptors (Lipinski definition) is 7. The molecule has 7 rings (SSSR count). The van der Waals surface area contributed by atoms with Crippen molar-refractivity contribution in [3.8, 4) is 39.8 Å². The SMILES string of the molecule is CC.CCN(CC)c1ccc(-c2nnc3c4c(ccc(Oc5ccccc5)c24)C(=O)c2c(Nc4ccccc4)cccc2-3)c(O)c1. The topological polar surface area (TPSA) is 87.6 Å². The monoisotopic (exact) mass is 608 g/mol. The second-order valence-corrected chi connectivity index (χ2v) is 10.6. The number of phenols is 1. The first kappa shape index (κ1) is 30.3. The lowest BCUT2D eigenvalue weighted by atomic mass is 9.84. The number of ketones is 1. The number of fused-ring (bicyclic) bond motifs is 2. The second kappa shape index (κ2) is 13.1. The van der Waals surface area contributed by atoms with Crippen molar-refractivity contribution in [1.82, 2.24) is 10.2 Å². The summed E-state index contributed by atoms with van der Waals surface area (Å²) in [5.74, 6) is 1.11. The molecule has 0 saturated carbocycles. The summed E-state index contributed by atoms with van der Waals surface area (Å²) in [5, 5.41) is 25.4. The highest BCUT2D eigenvalue weighted by Gasteiger charge is 2.32. The minimum Gasteiger partial charge on any atom is -0.507 e. The zero-order valence-corrected chi connectivity index (χ0v) is 26.4. The number of carbonyl (C=O) groups excluding carboxylic acids is 1. The van der Waals surface area contributed by atoms with Crippen LogP contribution in [0.25, 0.3) is 33.3 Å². The lowest BCUT2D eigenvalue weighted by Crippen LogP contribution is -2.21. The molecule has 1 aliphatic rings. The van der Waals surface area contributed by atoms with Crippen LogP contribution in [0.2, 0.25) is 0 Å². The molecule has 7 heteroatoms. The quantitative estimate of drug-likeness (QED) is 0.178. The number of aromatic hydroxyl groups is 1. The molecule has 0 spiro atoms. The van der Waals surface area contributed by atoms with E-state index in [-0.39, 0.29) is 11.5 Å². The van der Waals surface area contributed by atoms with Gasteiger partial charge in [0.15, 0.2) is 5.78 Å². The van der Waals surface area contributed by atoms with Gasteiger partial charge in [0.25, 0.3) is 0 Å². The van der Waals surface area contributed by atoms with Gasteiger partial charge in [-0.05, 0) is 68.4 Å². The van der Waals surface area contributed by atoms with Crippen molar-refractivity contribution in [3.05, 3.63) is 120 Å². The molecule has 230 valence electrons. The molecule has 0 atom stereocenters. The smallest absolute Gasteiger partial charge is 0.196 e. The van der Waals surface area contributed by atoms with Gasteiger partial charge < -0.3 is 20.1 Å². The van der Waals surface area contributed by atoms with E-state index in [9.17, 15) is 9.90 Å². The van der Waals surface area contributed by atoms with E-state index >= 15 is 0 Å². The Morgan fingerprint density at radius 1 is 0.717 bits per heavy atom. The summed E-state index contributed by atoms with van der Waals surface area (Å²) in [6.07, 6.45) is 0. The first-order valence-corrected chi connectivity index (χ1v) is 15.7. The maximum absolute atomic E-state index is 14.3. The van der Waals surface area contributed by atoms with E-state index in [1.165, 1.54) is 0 Å². The molecule has 0 unspecified atom stereocenters. The standard InChI is InChI=1S/C37H30N4O3.C2H6/c1-3-41(4-2)24-18-19-26(30(42)22-24)35-34-31(44-25-14-9-6-10-15-25)21-20-28-33(34)36(40-39-35)27-16-11-17-29(32(27)37(28)43)38-23-12-7-5-8-13-23;1-2/h5-22,38,42H,3-4H2,1-2H3;1-2H3. The van der Waals surface area contributed by atoms with Crippen LogP contribution in [0.15, 0.2) is 109 Å². The van der Waals surface area contributed by atoms with Crippen LogP contribution < -0.4 is 15.0 Å². The molecule has 0 aliphatic heterocycles. The van der Waals surface area contributed by atoms with E-state index in [2.05, 4.69) is 24.1 Å². The number of anilines is 3. The van der Waals surface area contributed by atoms with Gasteiger partial charge in [0.05, 0.1) is 16.6 Å². The van der Waals surface area contributed by atoms with Crippen LogP contribution in [-0.2, 0) is 0 Å². The summed E-state index contributed by atoms with van der Waals surface area (Å²) < 4.78 is 6.41. The van der Waals surface area contributed by atoms with Gasteiger partial charge in [0.2, 0.25) is 0 Å². The van der Waals surface area contributed by atoms with E-state index in [1.54, 1.807) is 18.2 Å². The van der Waals surface area contributed by atoms with Crippen LogP contribution in [0, 0.1) is 0 Å². The van der Waals surface area contributed by atoms with Crippen LogP contribution in [0.3, 0.4) is 0 Å². The summed E-state index contributed by atoms with van der Waals surface area (Å²) in [4.78, 5) is 16.5. The molecular formula is C39H36N4O3. The highest BCUT2D eigenvalue weighted by atomic mass is 16.5. The van der Waals surface area contributed by atoms with Gasteiger partial charge in [0.1, 0.15) is 28.6 Å². The zero-order valence-electron chi connectivity index (χ0n) is 26.4. The van der Waals surface area contributed by atoms with Crippen LogP contribution >= 0.6 is 0 Å². The highest BCUT2D eigenvalue weighted by Crippen LogP contribution is 2.48. The fourth-order valence-corrected chi connectivity index (χ4v) is 5.95. The molecule has 1 aromatic heterocycles. The van der Waals surface area contributed by atoms with E-state index in [4.69, 9.17) is 14.9 Å². The number of para-hydroxylation sites is 2. The summed E-state index contributed by atoms with van der Waals surface area (Å²) in [6.45, 7) is 9.78. The Morgan fingerprint density at radius 3 is 2.04 bits per heavy atom. The van der Waals surface area contributed by atoms with Gasteiger partial charge in [-0.1, -0.05) is 62.4 Å². The Labute approximate surface area is 269 Å². The van der Waals surface area contributed by atoms with E-state index < -0.39 is 0 Å². The van der Waals surface area contributed by atoms with Crippen molar-refractivity contribution in [2.24, 2.45) is 0 Å². The molecule has 7 nitrogen and oxygen atoms in total. The molecule has 0 amide bonds. The molecule has 0 fully saturated rings. The van der Waals surface area contributed by atoms with E-state index in [1.807, 2.05) is 105 Å². The van der Waals surface area contributed by atoms with Crippen LogP contribution in [-0.4, -0.2) is 34.2 Å². The van der Waals surface area contributed by atoms with Gasteiger partial charge in [-0.25, -0.2) is 0 Å². The Balaban J connectivity index is 0.00000182. The average molecular weight is 609 g/mol. The molecule has 0 radical (unpaired) electrons. The van der Waals surface area contributed by atoms with Crippen LogP contribution in [0.5, 0.6) is 17.2 Å². The number of hydrogen-bond donors (Lipinski definition) is 2. The zero-order chi connectivity index (χ0) is 32.2. The highest BCUT2D eigenvalue weighted by molar-refractivity contribution is 6.29. The van der Waals surface area contributed by atoms with Gasteiger partial charge in [0, 0.05) is 52.6 Å². The molecule has 6 aromatic rings. The van der Waals surface area contributed by atoms with Gasteiger partial charge in [-0.15, -0.1) is 10.2 Å². The first-order valence-electron chi connectivity index (χ1n) is 15.7. The third-order valence-corrected chi connectivity index (χ3v) is 8.07. The number of ether oxygens (including phenoxy) is 1. The molecule has 5 aromatic carbocycles. The third-order valence-electron chi connectivity index (χ3n) is 8.07. The Hall–Kier alpha value is -5.69. The molecule has 0 saturated heterocycles. The van der Waals surface area contributed by atoms with E-state index in [0.717, 1.165) is 24.5 Å². The van der Waals surface area contributed by atoms with Crippen LogP contribution in [0.4, 0.5) is 17.1 Å². The van der Waals surface area contributed by atoms with Crippen molar-refractivity contribution >= 4 is 33.6 Å². The second-order valence-electron chi connectivity index (χ2n) is 10.6. The van der Waals surface area contributed by atoms with Crippen molar-refractivity contribution in [3.63, 3.8) is 0 Å². The predicted molar refractivity (Wildman–Crippen MR) is 187 cm³/mol. The Kier molecular flexibility index (Phi) is 8.65. The molecule has 46 heavy (non-hydrogen) atoms. The summed E-state index contributed by atoms with van der Waals surface area (Å²) in [5.41, 5.74) is 5.74. The Morgan fingerprint density at radius 2 is 1.37 bits per heavy atom. The Bertz CT molecular complexity index is 2020. The van der Waals surface area contributed by atoms with Crippen molar-refractivity contribution in [2.45, 2.75) is 27.7 Å². The fraction of sp³-hybridized carbons (Fsp3) is 0.154. The number of carbonyl (C=O) groups is 1. The maximum Gasteiger partial charge on any atom is 0.196 e. The summed E-state index contributed by atoms with van der Waals surface area (Å²) in [6, 6.07) is 34.1. The lowest BCUT2D eigenvalue weighted by molar-refractivity contribution is 0.104. The molecule has 2 N–H and O–H groups in total. The maximum atomic E-state index is 14.3.